The first kappa shape index (κ1) is 22.4. The van der Waals surface area contributed by atoms with Crippen molar-refractivity contribution < 1.29 is 4.79 Å². The Bertz CT molecular complexity index is 1220. The number of aromatic nitrogens is 2. The second-order valence-electron chi connectivity index (χ2n) is 7.70. The van der Waals surface area contributed by atoms with Crippen molar-refractivity contribution in [1.82, 2.24) is 14.9 Å². The van der Waals surface area contributed by atoms with Gasteiger partial charge < -0.3 is 10.2 Å². The predicted octanol–water partition coefficient (Wildman–Crippen LogP) is 3.46. The first-order valence-electron chi connectivity index (χ1n) is 10.7. The topological polar surface area (TPSA) is 91.0 Å². The van der Waals surface area contributed by atoms with E-state index in [0.717, 1.165) is 43.7 Å². The van der Waals surface area contributed by atoms with Crippen LogP contribution in [-0.2, 0) is 6.54 Å². The lowest BCUT2D eigenvalue weighted by Gasteiger charge is -2.29. The first-order chi connectivity index (χ1) is 15.6. The summed E-state index contributed by atoms with van der Waals surface area (Å²) in [6.45, 7) is 2.47. The Labute approximate surface area is 195 Å². The molecule has 3 heterocycles. The van der Waals surface area contributed by atoms with Gasteiger partial charge in [-0.2, -0.15) is 17.0 Å². The lowest BCUT2D eigenvalue weighted by atomic mass is 10.1. The maximum Gasteiger partial charge on any atom is 0.273 e. The molecule has 2 aromatic heterocycles. The number of carbonyl (C=O) groups is 1. The lowest BCUT2D eigenvalue weighted by molar-refractivity contribution is 0.0958. The van der Waals surface area contributed by atoms with Crippen LogP contribution >= 0.6 is 23.1 Å². The van der Waals surface area contributed by atoms with Crippen molar-refractivity contribution in [3.05, 3.63) is 56.7 Å². The van der Waals surface area contributed by atoms with Crippen LogP contribution in [0.25, 0.3) is 10.2 Å². The third kappa shape index (κ3) is 4.52. The second-order valence-corrected chi connectivity index (χ2v) is 9.56. The Morgan fingerprint density at radius 1 is 1.28 bits per heavy atom. The summed E-state index contributed by atoms with van der Waals surface area (Å²) < 4.78 is 2.13. The highest BCUT2D eigenvalue weighted by molar-refractivity contribution is 7.98. The summed E-state index contributed by atoms with van der Waals surface area (Å²) >= 11 is 2.92. The number of nitrogens with one attached hydrogen (secondary N) is 1. The minimum Gasteiger partial charge on any atom is -0.351 e. The van der Waals surface area contributed by atoms with Gasteiger partial charge in [-0.05, 0) is 37.1 Å². The fourth-order valence-corrected chi connectivity index (χ4v) is 5.17. The van der Waals surface area contributed by atoms with Crippen molar-refractivity contribution in [3.63, 3.8) is 0 Å². The zero-order chi connectivity index (χ0) is 22.5. The zero-order valence-corrected chi connectivity index (χ0v) is 19.6. The van der Waals surface area contributed by atoms with Crippen LogP contribution in [0.2, 0.25) is 0 Å². The van der Waals surface area contributed by atoms with E-state index in [9.17, 15) is 14.9 Å². The van der Waals surface area contributed by atoms with E-state index in [2.05, 4.69) is 16.3 Å². The monoisotopic (exact) mass is 467 g/mol. The third-order valence-electron chi connectivity index (χ3n) is 5.60. The summed E-state index contributed by atoms with van der Waals surface area (Å²) in [5.41, 5.74) is 2.07. The van der Waals surface area contributed by atoms with Gasteiger partial charge in [-0.1, -0.05) is 18.2 Å². The van der Waals surface area contributed by atoms with E-state index in [-0.39, 0.29) is 18.0 Å². The van der Waals surface area contributed by atoms with E-state index in [1.54, 1.807) is 27.8 Å². The SMILES string of the molecule is CSCCNC(=O)c1csc2c(=O)n(Cc3ccccc3C#N)c(N3CCCCC3)nc12. The van der Waals surface area contributed by atoms with E-state index in [1.165, 1.54) is 11.3 Å². The van der Waals surface area contributed by atoms with Crippen molar-refractivity contribution in [1.29, 1.82) is 5.26 Å². The molecule has 32 heavy (non-hydrogen) atoms. The van der Waals surface area contributed by atoms with Gasteiger partial charge in [0.05, 0.1) is 23.7 Å². The smallest absolute Gasteiger partial charge is 0.273 e. The number of anilines is 1. The number of hydrogen-bond donors (Lipinski definition) is 1. The number of fused-ring (bicyclic) bond motifs is 1. The van der Waals surface area contributed by atoms with Crippen molar-refractivity contribution in [2.24, 2.45) is 0 Å². The molecule has 1 saturated heterocycles. The molecule has 0 aliphatic carbocycles. The van der Waals surface area contributed by atoms with Crippen molar-refractivity contribution in [2.75, 3.05) is 36.5 Å². The number of amides is 1. The molecule has 0 radical (unpaired) electrons. The maximum absolute atomic E-state index is 13.6. The van der Waals surface area contributed by atoms with Gasteiger partial charge in [-0.25, -0.2) is 4.98 Å². The summed E-state index contributed by atoms with van der Waals surface area (Å²) in [4.78, 5) is 33.3. The minimum absolute atomic E-state index is 0.170. The number of benzene rings is 1. The first-order valence-corrected chi connectivity index (χ1v) is 12.9. The standard InChI is InChI=1S/C23H25N5O2S2/c1-31-12-9-25-21(29)18-15-32-20-19(18)26-23(27-10-5-2-6-11-27)28(22(20)30)14-17-8-4-3-7-16(17)13-24/h3-4,7-8,15H,2,5-6,9-12,14H2,1H3,(H,25,29). The van der Waals surface area contributed by atoms with Crippen LogP contribution in [0.3, 0.4) is 0 Å². The van der Waals surface area contributed by atoms with E-state index >= 15 is 0 Å². The Kier molecular flexibility index (Phi) is 7.12. The van der Waals surface area contributed by atoms with Crippen LogP contribution in [0.5, 0.6) is 0 Å². The fraction of sp³-hybridized carbons (Fsp3) is 0.391. The van der Waals surface area contributed by atoms with Gasteiger partial charge in [0.1, 0.15) is 10.2 Å². The molecule has 166 valence electrons. The Balaban J connectivity index is 1.82. The van der Waals surface area contributed by atoms with Crippen LogP contribution in [0.1, 0.15) is 40.7 Å². The molecule has 0 spiro atoms. The molecule has 9 heteroatoms. The average Bonchev–Trinajstić information content (AvgIpc) is 3.26. The molecule has 3 aromatic rings. The van der Waals surface area contributed by atoms with Gasteiger partial charge in [0.25, 0.3) is 11.5 Å². The van der Waals surface area contributed by atoms with Crippen molar-refractivity contribution in [2.45, 2.75) is 25.8 Å². The van der Waals surface area contributed by atoms with Crippen molar-refractivity contribution >= 4 is 45.2 Å². The number of thioether (sulfide) groups is 1. The number of nitriles is 1. The van der Waals surface area contributed by atoms with Gasteiger partial charge in [0.2, 0.25) is 5.95 Å². The van der Waals surface area contributed by atoms with Gasteiger partial charge in [0, 0.05) is 30.8 Å². The fourth-order valence-electron chi connectivity index (χ4n) is 3.93. The zero-order valence-electron chi connectivity index (χ0n) is 18.0. The van der Waals surface area contributed by atoms with Crippen molar-refractivity contribution in [3.8, 4) is 6.07 Å². The average molecular weight is 468 g/mol. The maximum atomic E-state index is 13.6. The highest BCUT2D eigenvalue weighted by atomic mass is 32.2. The molecule has 0 unspecified atom stereocenters. The van der Waals surface area contributed by atoms with Crippen LogP contribution < -0.4 is 15.8 Å². The van der Waals surface area contributed by atoms with E-state index in [4.69, 9.17) is 4.98 Å². The summed E-state index contributed by atoms with van der Waals surface area (Å²) in [5.74, 6) is 1.20. The summed E-state index contributed by atoms with van der Waals surface area (Å²) in [6, 6.07) is 9.53. The number of piperidine rings is 1. The molecule has 1 aliphatic heterocycles. The Morgan fingerprint density at radius 3 is 2.81 bits per heavy atom. The number of nitrogens with zero attached hydrogens (tertiary/aromatic N) is 4. The highest BCUT2D eigenvalue weighted by Gasteiger charge is 2.23. The van der Waals surface area contributed by atoms with E-state index < -0.39 is 0 Å². The molecule has 0 atom stereocenters. The molecular formula is C23H25N5O2S2. The molecule has 1 N–H and O–H groups in total. The summed E-state index contributed by atoms with van der Waals surface area (Å²) in [6.07, 6.45) is 5.22. The van der Waals surface area contributed by atoms with E-state index in [0.29, 0.717) is 33.8 Å². The number of hydrogen-bond acceptors (Lipinski definition) is 7. The molecule has 1 aliphatic rings. The van der Waals surface area contributed by atoms with Crippen LogP contribution in [0, 0.1) is 11.3 Å². The van der Waals surface area contributed by atoms with Crippen LogP contribution in [0.4, 0.5) is 5.95 Å². The molecule has 0 saturated carbocycles. The molecule has 1 amide bonds. The molecule has 1 fully saturated rings. The minimum atomic E-state index is -0.200. The van der Waals surface area contributed by atoms with Crippen LogP contribution in [0.15, 0.2) is 34.4 Å². The van der Waals surface area contributed by atoms with Gasteiger partial charge >= 0.3 is 0 Å². The Hall–Kier alpha value is -2.83. The summed E-state index contributed by atoms with van der Waals surface area (Å²) in [7, 11) is 0. The summed E-state index contributed by atoms with van der Waals surface area (Å²) in [5, 5.41) is 14.1. The normalized spacial score (nSPS) is 13.8. The number of carbonyl (C=O) groups excluding carboxylic acids is 1. The third-order valence-corrected chi connectivity index (χ3v) is 7.17. The Morgan fingerprint density at radius 2 is 2.06 bits per heavy atom. The molecule has 0 bridgehead atoms. The molecule has 4 rings (SSSR count). The van der Waals surface area contributed by atoms with Gasteiger partial charge in [0.15, 0.2) is 0 Å². The highest BCUT2D eigenvalue weighted by Crippen LogP contribution is 2.26. The molecule has 1 aromatic carbocycles. The lowest BCUT2D eigenvalue weighted by Crippen LogP contribution is -2.36. The molecular weight excluding hydrogens is 442 g/mol. The van der Waals surface area contributed by atoms with Crippen LogP contribution in [-0.4, -0.2) is 47.1 Å². The second kappa shape index (κ2) is 10.2. The molecule has 7 nitrogen and oxygen atoms in total. The largest absolute Gasteiger partial charge is 0.351 e. The number of thiophene rings is 1. The van der Waals surface area contributed by atoms with E-state index in [1.807, 2.05) is 24.5 Å². The predicted molar refractivity (Wildman–Crippen MR) is 131 cm³/mol. The quantitative estimate of drug-likeness (QED) is 0.535. The number of rotatable bonds is 7. The van der Waals surface area contributed by atoms with Gasteiger partial charge in [-0.15, -0.1) is 11.3 Å². The van der Waals surface area contributed by atoms with Gasteiger partial charge in [-0.3, -0.25) is 14.2 Å².